The number of nitrogens with one attached hydrogen (secondary N) is 1. The molecule has 1 aliphatic rings. The third-order valence-electron chi connectivity index (χ3n) is 4.63. The minimum Gasteiger partial charge on any atom is -0.328 e. The summed E-state index contributed by atoms with van der Waals surface area (Å²) in [5.41, 5.74) is 0.485. The number of alkyl halides is 3. The van der Waals surface area contributed by atoms with Crippen LogP contribution in [0.5, 0.6) is 0 Å². The minimum absolute atomic E-state index is 0.0686. The van der Waals surface area contributed by atoms with Crippen molar-refractivity contribution in [3.05, 3.63) is 50.4 Å². The zero-order valence-electron chi connectivity index (χ0n) is 14.3. The number of aromatic nitrogens is 2. The van der Waals surface area contributed by atoms with Crippen LogP contribution < -0.4 is 5.32 Å². The first-order valence-electron chi connectivity index (χ1n) is 8.65. The SMILES string of the molecule is CCCc1nc(I)c2n1CCNC2CCc1ccc(C(F)(F)F)c(F)c1. The third kappa shape index (κ3) is 4.05. The van der Waals surface area contributed by atoms with Crippen LogP contribution in [0.2, 0.25) is 0 Å². The van der Waals surface area contributed by atoms with Gasteiger partial charge in [-0.3, -0.25) is 0 Å². The van der Waals surface area contributed by atoms with E-state index in [9.17, 15) is 17.6 Å². The Morgan fingerprint density at radius 2 is 2.08 bits per heavy atom. The lowest BCUT2D eigenvalue weighted by atomic mass is 10.0. The van der Waals surface area contributed by atoms with Gasteiger partial charge in [0.05, 0.1) is 17.3 Å². The van der Waals surface area contributed by atoms with E-state index in [1.54, 1.807) is 0 Å². The van der Waals surface area contributed by atoms with Gasteiger partial charge in [0.1, 0.15) is 15.3 Å². The molecule has 26 heavy (non-hydrogen) atoms. The number of rotatable bonds is 5. The summed E-state index contributed by atoms with van der Waals surface area (Å²) >= 11 is 2.23. The monoisotopic (exact) mass is 481 g/mol. The van der Waals surface area contributed by atoms with Crippen LogP contribution in [0.15, 0.2) is 18.2 Å². The standard InChI is InChI=1S/C18H20F4IN3/c1-2-3-15-25-17(23)16-14(24-8-9-26(15)16)7-5-11-4-6-12(13(19)10-11)18(20,21)22/h4,6,10,14,24H,2-3,5,7-9H2,1H3. The van der Waals surface area contributed by atoms with Crippen molar-refractivity contribution >= 4 is 22.6 Å². The number of imidazole rings is 1. The quantitative estimate of drug-likeness (QED) is 0.488. The van der Waals surface area contributed by atoms with Crippen LogP contribution in [-0.2, 0) is 25.6 Å². The van der Waals surface area contributed by atoms with Crippen LogP contribution in [-0.4, -0.2) is 16.1 Å². The Kier molecular flexibility index (Phi) is 5.91. The van der Waals surface area contributed by atoms with Gasteiger partial charge in [-0.05, 0) is 59.5 Å². The molecule has 0 amide bonds. The van der Waals surface area contributed by atoms with E-state index in [4.69, 9.17) is 0 Å². The summed E-state index contributed by atoms with van der Waals surface area (Å²) in [6.45, 7) is 3.81. The lowest BCUT2D eigenvalue weighted by Crippen LogP contribution is -2.34. The molecule has 2 aromatic rings. The molecule has 0 aliphatic carbocycles. The third-order valence-corrected chi connectivity index (χ3v) is 5.43. The molecule has 0 fully saturated rings. The molecule has 0 radical (unpaired) electrons. The summed E-state index contributed by atoms with van der Waals surface area (Å²) in [5, 5.41) is 3.45. The molecule has 0 saturated carbocycles. The molecule has 8 heteroatoms. The largest absolute Gasteiger partial charge is 0.419 e. The second kappa shape index (κ2) is 7.84. The van der Waals surface area contributed by atoms with E-state index >= 15 is 0 Å². The summed E-state index contributed by atoms with van der Waals surface area (Å²) in [7, 11) is 0. The predicted octanol–water partition coefficient (Wildman–Crippen LogP) is 4.88. The van der Waals surface area contributed by atoms with Gasteiger partial charge in [-0.1, -0.05) is 13.0 Å². The second-order valence-corrected chi connectivity index (χ2v) is 7.48. The van der Waals surface area contributed by atoms with Gasteiger partial charge in [0.2, 0.25) is 0 Å². The molecule has 3 rings (SSSR count). The number of aryl methyl sites for hydroxylation is 2. The summed E-state index contributed by atoms with van der Waals surface area (Å²) < 4.78 is 55.0. The molecular weight excluding hydrogens is 461 g/mol. The number of halogens is 5. The van der Waals surface area contributed by atoms with Gasteiger partial charge in [-0.15, -0.1) is 0 Å². The fourth-order valence-electron chi connectivity index (χ4n) is 3.42. The van der Waals surface area contributed by atoms with Gasteiger partial charge in [0, 0.05) is 19.5 Å². The minimum atomic E-state index is -4.66. The maximum Gasteiger partial charge on any atom is 0.419 e. The highest BCUT2D eigenvalue weighted by Gasteiger charge is 2.34. The molecule has 1 aliphatic heterocycles. The van der Waals surface area contributed by atoms with Gasteiger partial charge >= 0.3 is 6.18 Å². The zero-order chi connectivity index (χ0) is 18.9. The smallest absolute Gasteiger partial charge is 0.328 e. The van der Waals surface area contributed by atoms with Gasteiger partial charge in [0.15, 0.2) is 0 Å². The van der Waals surface area contributed by atoms with Crippen LogP contribution in [0.3, 0.4) is 0 Å². The van der Waals surface area contributed by atoms with Crippen LogP contribution in [0.4, 0.5) is 17.6 Å². The molecule has 142 valence electrons. The van der Waals surface area contributed by atoms with Crippen molar-refractivity contribution in [2.45, 2.75) is 51.4 Å². The van der Waals surface area contributed by atoms with Crippen molar-refractivity contribution in [1.82, 2.24) is 14.9 Å². The fourth-order valence-corrected chi connectivity index (χ4v) is 4.36. The molecule has 2 heterocycles. The van der Waals surface area contributed by atoms with Crippen molar-refractivity contribution in [2.75, 3.05) is 6.54 Å². The first kappa shape index (κ1) is 19.6. The molecule has 0 bridgehead atoms. The van der Waals surface area contributed by atoms with E-state index in [2.05, 4.69) is 44.4 Å². The molecule has 1 aromatic carbocycles. The average molecular weight is 481 g/mol. The van der Waals surface area contributed by atoms with E-state index in [1.165, 1.54) is 6.07 Å². The average Bonchev–Trinajstić information content (AvgIpc) is 2.89. The molecule has 1 N–H and O–H groups in total. The Morgan fingerprint density at radius 1 is 1.31 bits per heavy atom. The van der Waals surface area contributed by atoms with E-state index in [-0.39, 0.29) is 6.04 Å². The first-order valence-corrected chi connectivity index (χ1v) is 9.73. The van der Waals surface area contributed by atoms with E-state index < -0.39 is 17.6 Å². The van der Waals surface area contributed by atoms with Crippen LogP contribution >= 0.6 is 22.6 Å². The van der Waals surface area contributed by atoms with Crippen LogP contribution in [0, 0.1) is 9.52 Å². The van der Waals surface area contributed by atoms with Gasteiger partial charge in [0.25, 0.3) is 0 Å². The van der Waals surface area contributed by atoms with Crippen molar-refractivity contribution in [3.8, 4) is 0 Å². The highest BCUT2D eigenvalue weighted by Crippen LogP contribution is 2.33. The summed E-state index contributed by atoms with van der Waals surface area (Å²) in [4.78, 5) is 4.66. The Hall–Kier alpha value is -1.16. The molecule has 1 aromatic heterocycles. The maximum atomic E-state index is 13.8. The maximum absolute atomic E-state index is 13.8. The first-order chi connectivity index (χ1) is 12.3. The van der Waals surface area contributed by atoms with Crippen molar-refractivity contribution in [1.29, 1.82) is 0 Å². The lowest BCUT2D eigenvalue weighted by molar-refractivity contribution is -0.140. The number of nitrogens with zero attached hydrogens (tertiary/aromatic N) is 2. The Morgan fingerprint density at radius 3 is 2.73 bits per heavy atom. The van der Waals surface area contributed by atoms with Crippen molar-refractivity contribution in [3.63, 3.8) is 0 Å². The normalized spacial score (nSPS) is 17.4. The summed E-state index contributed by atoms with van der Waals surface area (Å²) in [6.07, 6.45) is -1.54. The number of hydrogen-bond acceptors (Lipinski definition) is 2. The van der Waals surface area contributed by atoms with Gasteiger partial charge in [-0.25, -0.2) is 9.37 Å². The highest BCUT2D eigenvalue weighted by molar-refractivity contribution is 14.1. The number of hydrogen-bond donors (Lipinski definition) is 1. The Labute approximate surface area is 163 Å². The summed E-state index contributed by atoms with van der Waals surface area (Å²) in [5.74, 6) is -0.129. The molecule has 0 saturated heterocycles. The topological polar surface area (TPSA) is 29.9 Å². The van der Waals surface area contributed by atoms with Crippen LogP contribution in [0.1, 0.15) is 48.5 Å². The molecule has 1 unspecified atom stereocenters. The number of benzene rings is 1. The Bertz CT molecular complexity index is 785. The Balaban J connectivity index is 1.75. The van der Waals surface area contributed by atoms with E-state index in [0.29, 0.717) is 18.4 Å². The molecule has 3 nitrogen and oxygen atoms in total. The zero-order valence-corrected chi connectivity index (χ0v) is 16.5. The summed E-state index contributed by atoms with van der Waals surface area (Å²) in [6, 6.07) is 3.25. The van der Waals surface area contributed by atoms with Crippen molar-refractivity contribution < 1.29 is 17.6 Å². The molecular formula is C18H20F4IN3. The number of fused-ring (bicyclic) bond motifs is 1. The second-order valence-electron chi connectivity index (χ2n) is 6.46. The molecule has 1 atom stereocenters. The highest BCUT2D eigenvalue weighted by atomic mass is 127. The predicted molar refractivity (Wildman–Crippen MR) is 99.4 cm³/mol. The molecule has 0 spiro atoms. The fraction of sp³-hybridized carbons (Fsp3) is 0.500. The van der Waals surface area contributed by atoms with Crippen molar-refractivity contribution in [2.24, 2.45) is 0 Å². The van der Waals surface area contributed by atoms with Gasteiger partial charge < -0.3 is 9.88 Å². The van der Waals surface area contributed by atoms with E-state index in [0.717, 1.165) is 53.3 Å². The van der Waals surface area contributed by atoms with Gasteiger partial charge in [-0.2, -0.15) is 13.2 Å². The van der Waals surface area contributed by atoms with E-state index in [1.807, 2.05) is 0 Å². The lowest BCUT2D eigenvalue weighted by Gasteiger charge is -2.27. The van der Waals surface area contributed by atoms with Crippen LogP contribution in [0.25, 0.3) is 0 Å².